The highest BCUT2D eigenvalue weighted by atomic mass is 15.2. The van der Waals surface area contributed by atoms with Crippen LogP contribution in [0.3, 0.4) is 0 Å². The second-order valence-electron chi connectivity index (χ2n) is 5.11. The minimum absolute atomic E-state index is 0.904. The first-order valence-corrected chi connectivity index (χ1v) is 6.81. The van der Waals surface area contributed by atoms with E-state index in [1.165, 1.54) is 30.6 Å². The number of rotatable bonds is 6. The molecule has 0 aliphatic heterocycles. The van der Waals surface area contributed by atoms with Gasteiger partial charge in [-0.15, -0.1) is 0 Å². The largest absolute Gasteiger partial charge is 0.327 e. The van der Waals surface area contributed by atoms with Gasteiger partial charge < -0.3 is 9.47 Å². The van der Waals surface area contributed by atoms with E-state index in [4.69, 9.17) is 4.98 Å². The van der Waals surface area contributed by atoms with E-state index >= 15 is 0 Å². The topological polar surface area (TPSA) is 21.1 Å². The Morgan fingerprint density at radius 1 is 1.17 bits per heavy atom. The molecule has 0 spiro atoms. The molecule has 18 heavy (non-hydrogen) atoms. The Morgan fingerprint density at radius 3 is 2.67 bits per heavy atom. The number of unbranched alkanes of at least 4 members (excludes halogenated alkanes) is 2. The van der Waals surface area contributed by atoms with Gasteiger partial charge in [0.25, 0.3) is 0 Å². The van der Waals surface area contributed by atoms with Gasteiger partial charge >= 0.3 is 0 Å². The summed E-state index contributed by atoms with van der Waals surface area (Å²) < 4.78 is 2.38. The van der Waals surface area contributed by atoms with Crippen LogP contribution in [-0.4, -0.2) is 28.5 Å². The SMILES string of the molecule is CCCCCn1c(CN(C)C)nc2ccccc21. The standard InChI is InChI=1S/C15H23N3/c1-4-5-8-11-18-14-10-7-6-9-13(14)16-15(18)12-17(2)3/h6-7,9-10H,4-5,8,11-12H2,1-3H3. The molecule has 0 radical (unpaired) electrons. The van der Waals surface area contributed by atoms with Gasteiger partial charge in [0.15, 0.2) is 0 Å². The number of imidazole rings is 1. The molecule has 3 nitrogen and oxygen atoms in total. The first-order chi connectivity index (χ1) is 8.72. The molecule has 0 saturated carbocycles. The predicted molar refractivity (Wildman–Crippen MR) is 76.6 cm³/mol. The number of aromatic nitrogens is 2. The van der Waals surface area contributed by atoms with Gasteiger partial charge in [0.05, 0.1) is 17.6 Å². The third-order valence-corrected chi connectivity index (χ3v) is 3.18. The predicted octanol–water partition coefficient (Wildman–Crippen LogP) is 3.29. The molecule has 98 valence electrons. The number of benzene rings is 1. The zero-order valence-corrected chi connectivity index (χ0v) is 11.7. The first-order valence-electron chi connectivity index (χ1n) is 6.81. The Balaban J connectivity index is 2.31. The van der Waals surface area contributed by atoms with E-state index in [1.54, 1.807) is 0 Å². The zero-order valence-electron chi connectivity index (χ0n) is 11.7. The molecule has 0 saturated heterocycles. The fourth-order valence-electron chi connectivity index (χ4n) is 2.30. The molecule has 0 bridgehead atoms. The molecule has 0 N–H and O–H groups in total. The highest BCUT2D eigenvalue weighted by molar-refractivity contribution is 5.75. The maximum atomic E-state index is 4.75. The van der Waals surface area contributed by atoms with Crippen molar-refractivity contribution >= 4 is 11.0 Å². The van der Waals surface area contributed by atoms with Gasteiger partial charge in [0.2, 0.25) is 0 Å². The maximum absolute atomic E-state index is 4.75. The van der Waals surface area contributed by atoms with Gasteiger partial charge in [-0.25, -0.2) is 4.98 Å². The lowest BCUT2D eigenvalue weighted by molar-refractivity contribution is 0.380. The third kappa shape index (κ3) is 2.91. The van der Waals surface area contributed by atoms with Crippen molar-refractivity contribution in [1.29, 1.82) is 0 Å². The van der Waals surface area contributed by atoms with Crippen LogP contribution in [0.15, 0.2) is 24.3 Å². The Labute approximate surface area is 109 Å². The van der Waals surface area contributed by atoms with Crippen molar-refractivity contribution in [2.24, 2.45) is 0 Å². The van der Waals surface area contributed by atoms with Gasteiger partial charge in [-0.3, -0.25) is 0 Å². The Bertz CT molecular complexity index is 499. The molecule has 0 aliphatic carbocycles. The summed E-state index contributed by atoms with van der Waals surface area (Å²) in [6.45, 7) is 4.23. The summed E-state index contributed by atoms with van der Waals surface area (Å²) in [6.07, 6.45) is 3.78. The molecule has 0 atom stereocenters. The minimum atomic E-state index is 0.904. The molecule has 0 amide bonds. The van der Waals surface area contributed by atoms with Crippen molar-refractivity contribution in [3.8, 4) is 0 Å². The first kappa shape index (κ1) is 13.1. The van der Waals surface area contributed by atoms with Crippen molar-refractivity contribution in [3.63, 3.8) is 0 Å². The van der Waals surface area contributed by atoms with Gasteiger partial charge in [0.1, 0.15) is 5.82 Å². The molecule has 3 heteroatoms. The van der Waals surface area contributed by atoms with Crippen LogP contribution in [0.4, 0.5) is 0 Å². The summed E-state index contributed by atoms with van der Waals surface area (Å²) in [6, 6.07) is 8.43. The quantitative estimate of drug-likeness (QED) is 0.728. The number of para-hydroxylation sites is 2. The summed E-state index contributed by atoms with van der Waals surface area (Å²) >= 11 is 0. The van der Waals surface area contributed by atoms with Crippen LogP contribution >= 0.6 is 0 Å². The molecular formula is C15H23N3. The molecule has 2 aromatic rings. The number of nitrogens with zero attached hydrogens (tertiary/aromatic N) is 3. The Hall–Kier alpha value is -1.35. The van der Waals surface area contributed by atoms with Gasteiger partial charge in [-0.2, -0.15) is 0 Å². The number of aryl methyl sites for hydroxylation is 1. The van der Waals surface area contributed by atoms with Gasteiger partial charge in [0, 0.05) is 6.54 Å². The van der Waals surface area contributed by atoms with E-state index in [0.29, 0.717) is 0 Å². The maximum Gasteiger partial charge on any atom is 0.124 e. The highest BCUT2D eigenvalue weighted by Gasteiger charge is 2.10. The van der Waals surface area contributed by atoms with Crippen molar-refractivity contribution in [3.05, 3.63) is 30.1 Å². The smallest absolute Gasteiger partial charge is 0.124 e. The van der Waals surface area contributed by atoms with Crippen molar-refractivity contribution in [1.82, 2.24) is 14.5 Å². The zero-order chi connectivity index (χ0) is 13.0. The summed E-state index contributed by atoms with van der Waals surface area (Å²) in [7, 11) is 4.19. The normalized spacial score (nSPS) is 11.6. The lowest BCUT2D eigenvalue weighted by atomic mass is 10.2. The highest BCUT2D eigenvalue weighted by Crippen LogP contribution is 2.17. The minimum Gasteiger partial charge on any atom is -0.327 e. The van der Waals surface area contributed by atoms with E-state index in [9.17, 15) is 0 Å². The van der Waals surface area contributed by atoms with Crippen molar-refractivity contribution < 1.29 is 0 Å². The van der Waals surface area contributed by atoms with Crippen LogP contribution in [0.2, 0.25) is 0 Å². The van der Waals surface area contributed by atoms with Crippen LogP contribution in [0.25, 0.3) is 11.0 Å². The van der Waals surface area contributed by atoms with E-state index in [-0.39, 0.29) is 0 Å². The van der Waals surface area contributed by atoms with E-state index < -0.39 is 0 Å². The molecule has 1 heterocycles. The van der Waals surface area contributed by atoms with Crippen molar-refractivity contribution in [2.45, 2.75) is 39.3 Å². The molecular weight excluding hydrogens is 222 g/mol. The second kappa shape index (κ2) is 6.01. The summed E-state index contributed by atoms with van der Waals surface area (Å²) in [5, 5.41) is 0. The molecule has 2 rings (SSSR count). The van der Waals surface area contributed by atoms with Crippen LogP contribution in [0.1, 0.15) is 32.0 Å². The molecule has 1 aromatic carbocycles. The molecule has 0 unspecified atom stereocenters. The van der Waals surface area contributed by atoms with Crippen molar-refractivity contribution in [2.75, 3.05) is 14.1 Å². The van der Waals surface area contributed by atoms with E-state index in [1.807, 2.05) is 0 Å². The number of hydrogen-bond donors (Lipinski definition) is 0. The van der Waals surface area contributed by atoms with Gasteiger partial charge in [-0.05, 0) is 32.6 Å². The average molecular weight is 245 g/mol. The van der Waals surface area contributed by atoms with Crippen LogP contribution in [0.5, 0.6) is 0 Å². The van der Waals surface area contributed by atoms with Crippen LogP contribution in [0, 0.1) is 0 Å². The third-order valence-electron chi connectivity index (χ3n) is 3.18. The summed E-state index contributed by atoms with van der Waals surface area (Å²) in [5.74, 6) is 1.18. The lowest BCUT2D eigenvalue weighted by Crippen LogP contribution is -2.15. The van der Waals surface area contributed by atoms with Gasteiger partial charge in [-0.1, -0.05) is 31.9 Å². The fraction of sp³-hybridized carbons (Fsp3) is 0.533. The van der Waals surface area contributed by atoms with Crippen LogP contribution in [-0.2, 0) is 13.1 Å². The Kier molecular flexibility index (Phi) is 4.37. The average Bonchev–Trinajstić information content (AvgIpc) is 2.67. The lowest BCUT2D eigenvalue weighted by Gasteiger charge is -2.12. The molecule has 1 aromatic heterocycles. The fourth-order valence-corrected chi connectivity index (χ4v) is 2.30. The second-order valence-corrected chi connectivity index (χ2v) is 5.11. The Morgan fingerprint density at radius 2 is 1.94 bits per heavy atom. The number of hydrogen-bond acceptors (Lipinski definition) is 2. The summed E-state index contributed by atoms with van der Waals surface area (Å²) in [5.41, 5.74) is 2.39. The van der Waals surface area contributed by atoms with Crippen LogP contribution < -0.4 is 0 Å². The van der Waals surface area contributed by atoms with E-state index in [2.05, 4.69) is 54.8 Å². The summed E-state index contributed by atoms with van der Waals surface area (Å²) in [4.78, 5) is 6.93. The monoisotopic (exact) mass is 245 g/mol. The van der Waals surface area contributed by atoms with E-state index in [0.717, 1.165) is 18.6 Å². The molecule has 0 aliphatic rings. The number of fused-ring (bicyclic) bond motifs is 1. The molecule has 0 fully saturated rings.